The van der Waals surface area contributed by atoms with Crippen LogP contribution in [0, 0.1) is 5.92 Å². The molecule has 0 saturated heterocycles. The van der Waals surface area contributed by atoms with Gasteiger partial charge in [-0.3, -0.25) is 4.79 Å². The van der Waals surface area contributed by atoms with E-state index in [-0.39, 0.29) is 11.3 Å². The Balaban J connectivity index is 2.31. The lowest BCUT2D eigenvalue weighted by Crippen LogP contribution is -2.27. The Morgan fingerprint density at radius 2 is 2.15 bits per heavy atom. The van der Waals surface area contributed by atoms with Gasteiger partial charge < -0.3 is 10.5 Å². The van der Waals surface area contributed by atoms with Crippen molar-refractivity contribution >= 4 is 5.91 Å². The van der Waals surface area contributed by atoms with Gasteiger partial charge in [0.2, 0.25) is 5.91 Å². The largest absolute Gasteiger partial charge is 0.465 e. The van der Waals surface area contributed by atoms with E-state index in [0.717, 1.165) is 12.2 Å². The van der Waals surface area contributed by atoms with Gasteiger partial charge in [0, 0.05) is 12.0 Å². The van der Waals surface area contributed by atoms with Crippen molar-refractivity contribution in [3.8, 4) is 5.75 Å². The number of carbonyl (C=O) groups is 1. The van der Waals surface area contributed by atoms with E-state index in [1.807, 2.05) is 31.2 Å². The van der Waals surface area contributed by atoms with Gasteiger partial charge in [-0.1, -0.05) is 31.2 Å². The summed E-state index contributed by atoms with van der Waals surface area (Å²) in [6.45, 7) is 4.15. The third-order valence-corrected chi connectivity index (χ3v) is 4.20. The lowest BCUT2D eigenvalue weighted by molar-refractivity contribution is -0.118. The van der Waals surface area contributed by atoms with Gasteiger partial charge in [0.15, 0.2) is 0 Å². The van der Waals surface area contributed by atoms with Crippen molar-refractivity contribution in [2.24, 2.45) is 11.7 Å². The Bertz CT molecular complexity index is 505. The van der Waals surface area contributed by atoms with Crippen LogP contribution in [0.2, 0.25) is 0 Å². The number of allylic oxidation sites excluding steroid dienone is 1. The molecule has 1 aromatic carbocycles. The standard InChI is InChI=1S/C17H23NO2/c1-3-12-20-15-7-5-4-6-14(15)17(2,13-8-9-13)11-10-16(18)19/h3-7,12-13H,8-11H2,1-2H3,(H2,18,19). The molecule has 0 spiro atoms. The van der Waals surface area contributed by atoms with Crippen LogP contribution in [0.3, 0.4) is 0 Å². The zero-order valence-electron chi connectivity index (χ0n) is 12.3. The van der Waals surface area contributed by atoms with Crippen LogP contribution in [0.15, 0.2) is 36.6 Å². The molecule has 1 aliphatic carbocycles. The Labute approximate surface area is 120 Å². The Hall–Kier alpha value is -1.77. The van der Waals surface area contributed by atoms with Crippen LogP contribution in [0.4, 0.5) is 0 Å². The first-order valence-corrected chi connectivity index (χ1v) is 7.23. The van der Waals surface area contributed by atoms with Gasteiger partial charge in [-0.15, -0.1) is 0 Å². The molecule has 0 radical (unpaired) electrons. The zero-order chi connectivity index (χ0) is 14.6. The van der Waals surface area contributed by atoms with E-state index >= 15 is 0 Å². The van der Waals surface area contributed by atoms with Crippen LogP contribution in [0.1, 0.15) is 45.1 Å². The average Bonchev–Trinajstić information content (AvgIpc) is 3.28. The second-order valence-corrected chi connectivity index (χ2v) is 5.74. The summed E-state index contributed by atoms with van der Waals surface area (Å²) in [5, 5.41) is 0. The number of rotatable bonds is 7. The second-order valence-electron chi connectivity index (χ2n) is 5.74. The number of nitrogens with two attached hydrogens (primary N) is 1. The summed E-state index contributed by atoms with van der Waals surface area (Å²) in [4.78, 5) is 11.2. The van der Waals surface area contributed by atoms with Crippen LogP contribution < -0.4 is 10.5 Å². The normalized spacial score (nSPS) is 17.9. The van der Waals surface area contributed by atoms with Crippen molar-refractivity contribution in [1.82, 2.24) is 0 Å². The topological polar surface area (TPSA) is 52.3 Å². The number of amides is 1. The fourth-order valence-electron chi connectivity index (χ4n) is 2.84. The molecule has 0 aliphatic heterocycles. The molecule has 2 rings (SSSR count). The first kappa shape index (κ1) is 14.6. The molecule has 2 N–H and O–H groups in total. The first-order valence-electron chi connectivity index (χ1n) is 7.23. The predicted molar refractivity (Wildman–Crippen MR) is 80.4 cm³/mol. The molecule has 1 atom stereocenters. The molecule has 1 aromatic rings. The summed E-state index contributed by atoms with van der Waals surface area (Å²) in [6.07, 6.45) is 7.20. The second kappa shape index (κ2) is 6.12. The van der Waals surface area contributed by atoms with Crippen LogP contribution >= 0.6 is 0 Å². The molecule has 1 fully saturated rings. The van der Waals surface area contributed by atoms with Crippen LogP contribution in [0.25, 0.3) is 0 Å². The third-order valence-electron chi connectivity index (χ3n) is 4.20. The van der Waals surface area contributed by atoms with E-state index in [2.05, 4.69) is 13.0 Å². The number of benzene rings is 1. The van der Waals surface area contributed by atoms with Gasteiger partial charge in [0.25, 0.3) is 0 Å². The quantitative estimate of drug-likeness (QED) is 0.773. The van der Waals surface area contributed by atoms with Crippen molar-refractivity contribution in [3.63, 3.8) is 0 Å². The van der Waals surface area contributed by atoms with E-state index in [1.165, 1.54) is 18.4 Å². The number of para-hydroxylation sites is 1. The molecule has 0 heterocycles. The molecule has 20 heavy (non-hydrogen) atoms. The van der Waals surface area contributed by atoms with Crippen LogP contribution in [-0.4, -0.2) is 5.91 Å². The van der Waals surface area contributed by atoms with Gasteiger partial charge in [-0.05, 0) is 43.6 Å². The molecule has 3 heteroatoms. The van der Waals surface area contributed by atoms with Crippen molar-refractivity contribution in [3.05, 3.63) is 42.2 Å². The Kier molecular flexibility index (Phi) is 4.48. The predicted octanol–water partition coefficient (Wildman–Crippen LogP) is 3.53. The van der Waals surface area contributed by atoms with E-state index < -0.39 is 0 Å². The van der Waals surface area contributed by atoms with Crippen LogP contribution in [-0.2, 0) is 10.2 Å². The first-order chi connectivity index (χ1) is 9.58. The van der Waals surface area contributed by atoms with E-state index in [4.69, 9.17) is 10.5 Å². The highest BCUT2D eigenvalue weighted by molar-refractivity contribution is 5.73. The van der Waals surface area contributed by atoms with Gasteiger partial charge in [-0.2, -0.15) is 0 Å². The van der Waals surface area contributed by atoms with Gasteiger partial charge in [0.1, 0.15) is 5.75 Å². The Morgan fingerprint density at radius 1 is 1.45 bits per heavy atom. The highest BCUT2D eigenvalue weighted by Gasteiger charge is 2.43. The van der Waals surface area contributed by atoms with Gasteiger partial charge >= 0.3 is 0 Å². The maximum absolute atomic E-state index is 11.2. The SMILES string of the molecule is CC=COc1ccccc1C(C)(CCC(N)=O)C1CC1. The molecular formula is C17H23NO2. The summed E-state index contributed by atoms with van der Waals surface area (Å²) in [7, 11) is 0. The van der Waals surface area contributed by atoms with Crippen molar-refractivity contribution in [2.45, 2.75) is 44.9 Å². The summed E-state index contributed by atoms with van der Waals surface area (Å²) in [5.74, 6) is 1.27. The molecular weight excluding hydrogens is 250 g/mol. The van der Waals surface area contributed by atoms with Crippen molar-refractivity contribution in [1.29, 1.82) is 0 Å². The van der Waals surface area contributed by atoms with Crippen molar-refractivity contribution in [2.75, 3.05) is 0 Å². The summed E-state index contributed by atoms with van der Waals surface area (Å²) >= 11 is 0. The number of hydrogen-bond acceptors (Lipinski definition) is 2. The van der Waals surface area contributed by atoms with E-state index in [9.17, 15) is 4.79 Å². The smallest absolute Gasteiger partial charge is 0.217 e. The van der Waals surface area contributed by atoms with Crippen molar-refractivity contribution < 1.29 is 9.53 Å². The molecule has 0 bridgehead atoms. The lowest BCUT2D eigenvalue weighted by Gasteiger charge is -2.31. The molecule has 1 amide bonds. The van der Waals surface area contributed by atoms with E-state index in [0.29, 0.717) is 12.3 Å². The van der Waals surface area contributed by atoms with Gasteiger partial charge in [-0.25, -0.2) is 0 Å². The summed E-state index contributed by atoms with van der Waals surface area (Å²) < 4.78 is 5.72. The lowest BCUT2D eigenvalue weighted by atomic mass is 9.74. The fraction of sp³-hybridized carbons (Fsp3) is 0.471. The maximum atomic E-state index is 11.2. The van der Waals surface area contributed by atoms with Gasteiger partial charge in [0.05, 0.1) is 6.26 Å². The molecule has 108 valence electrons. The number of primary amides is 1. The molecule has 3 nitrogen and oxygen atoms in total. The average molecular weight is 273 g/mol. The third kappa shape index (κ3) is 3.21. The molecule has 0 aromatic heterocycles. The minimum Gasteiger partial charge on any atom is -0.465 e. The number of hydrogen-bond donors (Lipinski definition) is 1. The maximum Gasteiger partial charge on any atom is 0.217 e. The highest BCUT2D eigenvalue weighted by atomic mass is 16.5. The molecule has 1 unspecified atom stereocenters. The fourth-order valence-corrected chi connectivity index (χ4v) is 2.84. The number of carbonyl (C=O) groups excluding carboxylic acids is 1. The molecule has 1 saturated carbocycles. The van der Waals surface area contributed by atoms with E-state index in [1.54, 1.807) is 6.26 Å². The molecule has 1 aliphatic rings. The monoisotopic (exact) mass is 273 g/mol. The summed E-state index contributed by atoms with van der Waals surface area (Å²) in [5.41, 5.74) is 6.48. The minimum absolute atomic E-state index is 0.0345. The Morgan fingerprint density at radius 3 is 2.75 bits per heavy atom. The number of ether oxygens (including phenoxy) is 1. The summed E-state index contributed by atoms with van der Waals surface area (Å²) in [6, 6.07) is 8.10. The van der Waals surface area contributed by atoms with Crippen LogP contribution in [0.5, 0.6) is 5.75 Å². The highest BCUT2D eigenvalue weighted by Crippen LogP contribution is 2.52. The zero-order valence-corrected chi connectivity index (χ0v) is 12.3. The minimum atomic E-state index is -0.233.